The lowest BCUT2D eigenvalue weighted by Gasteiger charge is -2.42. The van der Waals surface area contributed by atoms with Gasteiger partial charge in [0, 0.05) is 18.7 Å². The highest BCUT2D eigenvalue weighted by molar-refractivity contribution is 5.80. The number of β-amino-alcohol motifs (C(OH)–C–C–N with tert-alkyl or cyclic N) is 1. The molecule has 0 radical (unpaired) electrons. The molecule has 1 fully saturated rings. The lowest BCUT2D eigenvalue weighted by molar-refractivity contribution is -0.167. The second kappa shape index (κ2) is 8.14. The molecule has 0 saturated carbocycles. The van der Waals surface area contributed by atoms with Gasteiger partial charge in [0.2, 0.25) is 11.8 Å². The third-order valence-corrected chi connectivity index (χ3v) is 5.57. The smallest absolute Gasteiger partial charge is 0.312 e. The number of nitrogens with zero attached hydrogens (tertiary/aromatic N) is 2. The molecule has 1 aromatic heterocycles. The van der Waals surface area contributed by atoms with Crippen LogP contribution in [0.15, 0.2) is 34.7 Å². The zero-order chi connectivity index (χ0) is 20.3. The number of aryl methyl sites for hydroxylation is 1. The number of benzene rings is 1. The third kappa shape index (κ3) is 3.80. The first-order chi connectivity index (χ1) is 13.4. The summed E-state index contributed by atoms with van der Waals surface area (Å²) in [5.41, 5.74) is 0.223. The molecule has 0 unspecified atom stereocenters. The summed E-state index contributed by atoms with van der Waals surface area (Å²) in [7, 11) is 0. The number of hydrogen-bond donors (Lipinski definition) is 2. The minimum atomic E-state index is -1.17. The molecule has 7 heteroatoms. The molecule has 2 heterocycles. The number of aliphatic hydroxyl groups is 1. The summed E-state index contributed by atoms with van der Waals surface area (Å²) in [5, 5.41) is 20.1. The quantitative estimate of drug-likeness (QED) is 0.791. The number of carbonyl (C=O) groups excluding carboxylic acids is 1. The molecule has 2 aromatic rings. The molecular weight excluding hydrogens is 360 g/mol. The lowest BCUT2D eigenvalue weighted by Crippen LogP contribution is -2.56. The van der Waals surface area contributed by atoms with Crippen molar-refractivity contribution in [1.82, 2.24) is 9.88 Å². The first-order valence-electron chi connectivity index (χ1n) is 9.58. The molecule has 2 N–H and O–H groups in total. The van der Waals surface area contributed by atoms with E-state index in [-0.39, 0.29) is 25.3 Å². The number of oxazole rings is 1. The van der Waals surface area contributed by atoms with E-state index in [4.69, 9.17) is 4.42 Å². The predicted molar refractivity (Wildman–Crippen MR) is 103 cm³/mol. The largest absolute Gasteiger partial charge is 0.481 e. The highest BCUT2D eigenvalue weighted by Crippen LogP contribution is 2.37. The van der Waals surface area contributed by atoms with E-state index < -0.39 is 17.5 Å². The number of aliphatic carboxylic acids is 1. The molecule has 1 aliphatic rings. The topological polar surface area (TPSA) is 104 Å². The Bertz CT molecular complexity index is 848. The number of carbonyl (C=O) groups is 2. The molecule has 1 aromatic carbocycles. The number of likely N-dealkylation sites (tertiary alicyclic amines) is 1. The van der Waals surface area contributed by atoms with Gasteiger partial charge in [0.25, 0.3) is 0 Å². The predicted octanol–water partition coefficient (Wildman–Crippen LogP) is 2.66. The minimum Gasteiger partial charge on any atom is -0.481 e. The van der Waals surface area contributed by atoms with E-state index in [0.29, 0.717) is 36.7 Å². The Morgan fingerprint density at radius 2 is 2.04 bits per heavy atom. The zero-order valence-electron chi connectivity index (χ0n) is 16.2. The third-order valence-electron chi connectivity index (χ3n) is 5.57. The maximum absolute atomic E-state index is 12.7. The first-order valence-corrected chi connectivity index (χ1v) is 9.58. The van der Waals surface area contributed by atoms with E-state index >= 15 is 0 Å². The molecule has 1 amide bonds. The van der Waals surface area contributed by atoms with Crippen LogP contribution >= 0.6 is 0 Å². The molecule has 0 spiro atoms. The van der Waals surface area contributed by atoms with Crippen molar-refractivity contribution in [3.05, 3.63) is 41.8 Å². The maximum Gasteiger partial charge on any atom is 0.312 e. The number of carboxylic acids is 1. The highest BCUT2D eigenvalue weighted by Gasteiger charge is 2.48. The molecule has 1 saturated heterocycles. The second-order valence-corrected chi connectivity index (χ2v) is 7.38. The van der Waals surface area contributed by atoms with Crippen molar-refractivity contribution in [3.8, 4) is 11.5 Å². The molecule has 2 atom stereocenters. The van der Waals surface area contributed by atoms with E-state index in [2.05, 4.69) is 4.98 Å². The minimum absolute atomic E-state index is 0.0214. The van der Waals surface area contributed by atoms with Crippen LogP contribution in [0.4, 0.5) is 0 Å². The number of aromatic nitrogens is 1. The van der Waals surface area contributed by atoms with Crippen LogP contribution in [0.3, 0.4) is 0 Å². The van der Waals surface area contributed by atoms with Gasteiger partial charge in [-0.3, -0.25) is 9.59 Å². The van der Waals surface area contributed by atoms with Crippen molar-refractivity contribution in [2.75, 3.05) is 13.1 Å². The maximum atomic E-state index is 12.7. The Morgan fingerprint density at radius 1 is 1.32 bits per heavy atom. The Kier molecular flexibility index (Phi) is 5.84. The van der Waals surface area contributed by atoms with Gasteiger partial charge >= 0.3 is 5.97 Å². The van der Waals surface area contributed by atoms with Crippen LogP contribution in [0.25, 0.3) is 11.5 Å². The molecule has 7 nitrogen and oxygen atoms in total. The summed E-state index contributed by atoms with van der Waals surface area (Å²) >= 11 is 0. The summed E-state index contributed by atoms with van der Waals surface area (Å²) in [6, 6.07) is 9.45. The van der Waals surface area contributed by atoms with Crippen LogP contribution in [0, 0.1) is 12.3 Å². The van der Waals surface area contributed by atoms with Crippen LogP contribution in [0.5, 0.6) is 0 Å². The van der Waals surface area contributed by atoms with Gasteiger partial charge in [0.15, 0.2) is 0 Å². The van der Waals surface area contributed by atoms with Gasteiger partial charge in [-0.1, -0.05) is 31.5 Å². The van der Waals surface area contributed by atoms with Crippen molar-refractivity contribution in [3.63, 3.8) is 0 Å². The number of carboxylic acid groups (broad SMARTS) is 1. The van der Waals surface area contributed by atoms with Gasteiger partial charge in [-0.05, 0) is 31.9 Å². The van der Waals surface area contributed by atoms with E-state index in [9.17, 15) is 19.8 Å². The highest BCUT2D eigenvalue weighted by atomic mass is 16.4. The zero-order valence-corrected chi connectivity index (χ0v) is 16.2. The number of amides is 1. The second-order valence-electron chi connectivity index (χ2n) is 7.38. The summed E-state index contributed by atoms with van der Waals surface area (Å²) in [6.07, 6.45) is 0.284. The fourth-order valence-electron chi connectivity index (χ4n) is 3.85. The molecule has 0 bridgehead atoms. The fraction of sp³-hybridized carbons (Fsp3) is 0.476. The standard InChI is InChI=1S/C21H26N2O5/c1-3-9-21(20(26)27)10-11-23(13-17(21)24)18(25)12-16-14(2)28-19(22-16)15-7-5-4-6-8-15/h4-8,17,24H,3,9-13H2,1-2H3,(H,26,27)/t17-,21+/m1/s1. The van der Waals surface area contributed by atoms with Crippen LogP contribution in [-0.2, 0) is 16.0 Å². The van der Waals surface area contributed by atoms with Gasteiger partial charge in [-0.15, -0.1) is 0 Å². The molecule has 3 rings (SSSR count). The van der Waals surface area contributed by atoms with Crippen molar-refractivity contribution >= 4 is 11.9 Å². The average Bonchev–Trinajstić information content (AvgIpc) is 3.04. The van der Waals surface area contributed by atoms with Crippen molar-refractivity contribution in [2.24, 2.45) is 5.41 Å². The average molecular weight is 386 g/mol. The van der Waals surface area contributed by atoms with Crippen LogP contribution in [0.2, 0.25) is 0 Å². The fourth-order valence-corrected chi connectivity index (χ4v) is 3.85. The monoisotopic (exact) mass is 386 g/mol. The van der Waals surface area contributed by atoms with E-state index in [0.717, 1.165) is 5.56 Å². The van der Waals surface area contributed by atoms with Crippen molar-refractivity contribution in [1.29, 1.82) is 0 Å². The SMILES string of the molecule is CCC[C@]1(C(=O)O)CCN(C(=O)Cc2nc(-c3ccccc3)oc2C)C[C@H]1O. The van der Waals surface area contributed by atoms with E-state index in [1.165, 1.54) is 4.90 Å². The van der Waals surface area contributed by atoms with Crippen LogP contribution < -0.4 is 0 Å². The normalized spacial score (nSPS) is 22.2. The first kappa shape index (κ1) is 20.1. The Morgan fingerprint density at radius 3 is 2.64 bits per heavy atom. The van der Waals surface area contributed by atoms with E-state index in [1.807, 2.05) is 37.3 Å². The van der Waals surface area contributed by atoms with Crippen molar-refractivity contribution < 1.29 is 24.2 Å². The summed E-state index contributed by atoms with van der Waals surface area (Å²) in [5.74, 6) is -0.137. The van der Waals surface area contributed by atoms with Gasteiger partial charge < -0.3 is 19.5 Å². The van der Waals surface area contributed by atoms with Gasteiger partial charge in [0.05, 0.1) is 23.6 Å². The van der Waals surface area contributed by atoms with Crippen LogP contribution in [-0.4, -0.2) is 51.2 Å². The summed E-state index contributed by atoms with van der Waals surface area (Å²) in [6.45, 7) is 3.99. The number of piperidine rings is 1. The van der Waals surface area contributed by atoms with Crippen molar-refractivity contribution in [2.45, 2.75) is 45.6 Å². The molecule has 1 aliphatic heterocycles. The molecule has 28 heavy (non-hydrogen) atoms. The molecule has 0 aliphatic carbocycles. The Labute approximate surface area is 164 Å². The Balaban J connectivity index is 1.70. The number of aliphatic hydroxyl groups excluding tert-OH is 1. The van der Waals surface area contributed by atoms with E-state index in [1.54, 1.807) is 6.92 Å². The molecular formula is C21H26N2O5. The van der Waals surface area contributed by atoms with Crippen LogP contribution in [0.1, 0.15) is 37.6 Å². The number of hydrogen-bond acceptors (Lipinski definition) is 5. The summed E-state index contributed by atoms with van der Waals surface area (Å²) in [4.78, 5) is 30.5. The number of rotatable bonds is 6. The summed E-state index contributed by atoms with van der Waals surface area (Å²) < 4.78 is 5.70. The Hall–Kier alpha value is -2.67. The van der Waals surface area contributed by atoms with Gasteiger partial charge in [0.1, 0.15) is 5.76 Å². The van der Waals surface area contributed by atoms with Gasteiger partial charge in [-0.25, -0.2) is 4.98 Å². The molecule has 150 valence electrons. The van der Waals surface area contributed by atoms with Gasteiger partial charge in [-0.2, -0.15) is 0 Å². The lowest BCUT2D eigenvalue weighted by atomic mass is 9.72.